The molecule has 9 heteroatoms. The second kappa shape index (κ2) is 11.6. The van der Waals surface area contributed by atoms with E-state index in [1.165, 1.54) is 0 Å². The maximum atomic E-state index is 6.06. The second-order valence-corrected chi connectivity index (χ2v) is 1.37. The van der Waals surface area contributed by atoms with Crippen LogP contribution >= 0.6 is 0 Å². The number of hydrogen-bond acceptors (Lipinski definition) is 3. The average molecular weight is 179 g/mol. The lowest BCUT2D eigenvalue weighted by molar-refractivity contribution is 1.38. The first-order valence-corrected chi connectivity index (χ1v) is 2.48. The Kier molecular flexibility index (Phi) is 15.9. The fraction of sp³-hybridized carbons (Fsp3) is 0. The highest BCUT2D eigenvalue weighted by Crippen LogP contribution is 1.14. The highest BCUT2D eigenvalue weighted by atomic mass is 14.9. The average Bonchev–Trinajstić information content (AvgIpc) is 1.54. The SMILES string of the molecule is N=C(N)N.N=C(N)N.N=C(N)N.[H+].[H+]. The van der Waals surface area contributed by atoms with Crippen LogP contribution in [0.15, 0.2) is 0 Å². The Morgan fingerprint density at radius 2 is 0.583 bits per heavy atom. The van der Waals surface area contributed by atoms with Crippen LogP contribution in [-0.4, -0.2) is 17.9 Å². The highest BCUT2D eigenvalue weighted by Gasteiger charge is 1.53. The Labute approximate surface area is 72.5 Å². The summed E-state index contributed by atoms with van der Waals surface area (Å²) < 4.78 is 0. The molecule has 12 heavy (non-hydrogen) atoms. The van der Waals surface area contributed by atoms with Gasteiger partial charge in [0.2, 0.25) is 0 Å². The van der Waals surface area contributed by atoms with Crippen LogP contribution in [0.5, 0.6) is 0 Å². The summed E-state index contributed by atoms with van der Waals surface area (Å²) in [4.78, 5) is 0. The molecule has 0 heterocycles. The van der Waals surface area contributed by atoms with Crippen LogP contribution in [-0.2, 0) is 0 Å². The van der Waals surface area contributed by atoms with Crippen molar-refractivity contribution in [3.63, 3.8) is 0 Å². The van der Waals surface area contributed by atoms with Crippen molar-refractivity contribution >= 4 is 17.9 Å². The Bertz CT molecular complexity index is 116. The van der Waals surface area contributed by atoms with Crippen molar-refractivity contribution in [1.82, 2.24) is 0 Å². The third kappa shape index (κ3) is 75.5. The van der Waals surface area contributed by atoms with Crippen molar-refractivity contribution in [3.8, 4) is 0 Å². The van der Waals surface area contributed by atoms with E-state index in [1.54, 1.807) is 0 Å². The van der Waals surface area contributed by atoms with Crippen molar-refractivity contribution < 1.29 is 2.85 Å². The first-order valence-electron chi connectivity index (χ1n) is 2.48. The van der Waals surface area contributed by atoms with Crippen molar-refractivity contribution in [2.75, 3.05) is 0 Å². The highest BCUT2D eigenvalue weighted by molar-refractivity contribution is 5.72. The van der Waals surface area contributed by atoms with E-state index in [0.717, 1.165) is 0 Å². The molecule has 0 radical (unpaired) electrons. The van der Waals surface area contributed by atoms with Gasteiger partial charge in [-0.3, -0.25) is 16.2 Å². The molecule has 72 valence electrons. The molecule has 0 spiro atoms. The first kappa shape index (κ1) is 16.4. The van der Waals surface area contributed by atoms with Crippen molar-refractivity contribution in [1.29, 1.82) is 16.2 Å². The monoisotopic (exact) mass is 179 g/mol. The Hall–Kier alpha value is -2.19. The minimum Gasteiger partial charge on any atom is -0.370 e. The van der Waals surface area contributed by atoms with Gasteiger partial charge in [0.25, 0.3) is 0 Å². The zero-order valence-electron chi connectivity index (χ0n) is 8.46. The summed E-state index contributed by atoms with van der Waals surface area (Å²) in [5.74, 6) is -1.000. The van der Waals surface area contributed by atoms with E-state index in [1.807, 2.05) is 0 Å². The third-order valence-electron chi connectivity index (χ3n) is 0. The molecule has 0 aromatic carbocycles. The van der Waals surface area contributed by atoms with Gasteiger partial charge < -0.3 is 34.4 Å². The lowest BCUT2D eigenvalue weighted by atomic mass is 11.1. The predicted octanol–water partition coefficient (Wildman–Crippen LogP) is -3.26. The molecule has 0 atom stereocenters. The van der Waals surface area contributed by atoms with Gasteiger partial charge in [0.1, 0.15) is 0 Å². The van der Waals surface area contributed by atoms with Gasteiger partial charge >= 0.3 is 2.85 Å². The van der Waals surface area contributed by atoms with E-state index in [4.69, 9.17) is 16.2 Å². The number of hydrogen-bond donors (Lipinski definition) is 9. The summed E-state index contributed by atoms with van der Waals surface area (Å²) >= 11 is 0. The zero-order valence-corrected chi connectivity index (χ0v) is 6.46. The molecule has 0 aromatic rings. The normalized spacial score (nSPS) is 6.00. The molecule has 0 aliphatic heterocycles. The molecule has 0 saturated carbocycles. The van der Waals surface area contributed by atoms with Gasteiger partial charge in [-0.05, 0) is 0 Å². The molecule has 0 bridgehead atoms. The van der Waals surface area contributed by atoms with Crippen LogP contribution in [0.4, 0.5) is 0 Å². The molecule has 0 amide bonds. The maximum absolute atomic E-state index is 6.06. The van der Waals surface area contributed by atoms with Gasteiger partial charge in [-0.25, -0.2) is 0 Å². The lowest BCUT2D eigenvalue weighted by Crippen LogP contribution is -2.20. The molecule has 0 aromatic heterocycles. The summed E-state index contributed by atoms with van der Waals surface area (Å²) in [6.07, 6.45) is 0. The summed E-state index contributed by atoms with van der Waals surface area (Å²) in [6, 6.07) is 0. The molecule has 0 aliphatic rings. The summed E-state index contributed by atoms with van der Waals surface area (Å²) in [5, 5.41) is 18.2. The molecular formula is C3H17N9+2. The second-order valence-electron chi connectivity index (χ2n) is 1.37. The van der Waals surface area contributed by atoms with Gasteiger partial charge in [-0.15, -0.1) is 0 Å². The molecular weight excluding hydrogens is 162 g/mol. The minimum absolute atomic E-state index is 0. The van der Waals surface area contributed by atoms with E-state index in [9.17, 15) is 0 Å². The van der Waals surface area contributed by atoms with Crippen LogP contribution < -0.4 is 34.4 Å². The van der Waals surface area contributed by atoms with Gasteiger partial charge in [-0.1, -0.05) is 0 Å². The van der Waals surface area contributed by atoms with E-state index >= 15 is 0 Å². The van der Waals surface area contributed by atoms with Gasteiger partial charge in [0.15, 0.2) is 17.9 Å². The lowest BCUT2D eigenvalue weighted by Gasteiger charge is -1.69. The van der Waals surface area contributed by atoms with Crippen LogP contribution in [0.3, 0.4) is 0 Å². The van der Waals surface area contributed by atoms with Crippen molar-refractivity contribution in [2.24, 2.45) is 34.4 Å². The number of nitrogens with two attached hydrogens (primary N) is 6. The zero-order chi connectivity index (χ0) is 10.7. The smallest absolute Gasteiger partial charge is 0.370 e. The van der Waals surface area contributed by atoms with Crippen LogP contribution in [0, 0.1) is 16.2 Å². The van der Waals surface area contributed by atoms with E-state index in [0.29, 0.717) is 0 Å². The van der Waals surface area contributed by atoms with Crippen molar-refractivity contribution in [2.45, 2.75) is 0 Å². The minimum atomic E-state index is -0.333. The fourth-order valence-electron chi connectivity index (χ4n) is 0. The van der Waals surface area contributed by atoms with Crippen LogP contribution in [0.2, 0.25) is 0 Å². The third-order valence-corrected chi connectivity index (χ3v) is 0. The Balaban J connectivity index is -0.0000000270. The number of rotatable bonds is 0. The summed E-state index contributed by atoms with van der Waals surface area (Å²) in [5.41, 5.74) is 26.8. The molecule has 0 fully saturated rings. The van der Waals surface area contributed by atoms with Gasteiger partial charge in [0, 0.05) is 0 Å². The topological polar surface area (TPSA) is 228 Å². The largest absolute Gasteiger partial charge is 1.00 e. The molecule has 0 rings (SSSR count). The summed E-state index contributed by atoms with van der Waals surface area (Å²) in [7, 11) is 0. The van der Waals surface area contributed by atoms with Gasteiger partial charge in [0.05, 0.1) is 0 Å². The summed E-state index contributed by atoms with van der Waals surface area (Å²) in [6.45, 7) is 0. The molecule has 0 aliphatic carbocycles. The molecule has 0 unspecified atom stereocenters. The standard InChI is InChI=1S/3CH5N3/c3*2-1(3)4/h3*(H5,2,3,4)/p+2. The molecule has 0 saturated heterocycles. The number of guanidine groups is 3. The van der Waals surface area contributed by atoms with E-state index in [2.05, 4.69) is 34.4 Å². The Morgan fingerprint density at radius 1 is 0.583 bits per heavy atom. The Morgan fingerprint density at radius 3 is 0.583 bits per heavy atom. The van der Waals surface area contributed by atoms with Crippen molar-refractivity contribution in [3.05, 3.63) is 0 Å². The van der Waals surface area contributed by atoms with E-state index in [-0.39, 0.29) is 20.7 Å². The molecule has 9 nitrogen and oxygen atoms in total. The number of nitrogens with one attached hydrogen (secondary N) is 3. The van der Waals surface area contributed by atoms with E-state index < -0.39 is 0 Å². The first-order chi connectivity index (χ1) is 5.20. The van der Waals surface area contributed by atoms with Crippen LogP contribution in [0.25, 0.3) is 0 Å². The predicted molar refractivity (Wildman–Crippen MR) is 50.5 cm³/mol. The van der Waals surface area contributed by atoms with Crippen LogP contribution in [0.1, 0.15) is 2.85 Å². The maximum Gasteiger partial charge on any atom is 1.00 e. The molecule has 15 N–H and O–H groups in total. The fourth-order valence-corrected chi connectivity index (χ4v) is 0. The van der Waals surface area contributed by atoms with Gasteiger partial charge in [-0.2, -0.15) is 0 Å². The quantitative estimate of drug-likeness (QED) is 0.137.